The van der Waals surface area contributed by atoms with E-state index in [1.54, 1.807) is 0 Å². The van der Waals surface area contributed by atoms with E-state index in [9.17, 15) is 9.59 Å². The van der Waals surface area contributed by atoms with Crippen LogP contribution in [0.2, 0.25) is 0 Å². The van der Waals surface area contributed by atoms with Crippen LogP contribution in [0.15, 0.2) is 9.98 Å². The highest BCUT2D eigenvalue weighted by Crippen LogP contribution is 1.96. The average molecular weight is 376 g/mol. The number of hydrogen-bond donors (Lipinski definition) is 4. The molecule has 0 saturated heterocycles. The molecule has 8 N–H and O–H groups in total. The van der Waals surface area contributed by atoms with Gasteiger partial charge in [0.2, 0.25) is 0 Å². The van der Waals surface area contributed by atoms with Crippen molar-refractivity contribution in [2.75, 3.05) is 52.7 Å². The lowest BCUT2D eigenvalue weighted by molar-refractivity contribution is -0.151. The fraction of sp³-hybridized carbons (Fsp3) is 0.714. The third-order valence-corrected chi connectivity index (χ3v) is 2.57. The van der Waals surface area contributed by atoms with Gasteiger partial charge in [-0.15, -0.1) is 0 Å². The summed E-state index contributed by atoms with van der Waals surface area (Å²) in [5, 5.41) is 0. The molecular formula is C14H28N6O6. The van der Waals surface area contributed by atoms with Crippen LogP contribution in [0.3, 0.4) is 0 Å². The Balaban J connectivity index is 3.46. The Bertz CT molecular complexity index is 421. The summed E-state index contributed by atoms with van der Waals surface area (Å²) in [5.41, 5.74) is 20.6. The number of esters is 2. The van der Waals surface area contributed by atoms with Gasteiger partial charge in [-0.1, -0.05) is 0 Å². The number of carbonyl (C=O) groups is 2. The van der Waals surface area contributed by atoms with Gasteiger partial charge in [0.1, 0.15) is 13.2 Å². The van der Waals surface area contributed by atoms with Crippen molar-refractivity contribution in [3.05, 3.63) is 0 Å². The minimum absolute atomic E-state index is 0.00980. The van der Waals surface area contributed by atoms with Crippen molar-refractivity contribution < 1.29 is 28.5 Å². The maximum absolute atomic E-state index is 11.4. The summed E-state index contributed by atoms with van der Waals surface area (Å²) in [6, 6.07) is 0. The summed E-state index contributed by atoms with van der Waals surface area (Å²) in [4.78, 5) is 30.3. The number of ether oxygens (including phenoxy) is 4. The van der Waals surface area contributed by atoms with Crippen molar-refractivity contribution in [2.24, 2.45) is 32.9 Å². The number of rotatable bonds is 15. The van der Waals surface area contributed by atoms with E-state index in [4.69, 9.17) is 41.9 Å². The third kappa shape index (κ3) is 17.7. The number of nitrogens with zero attached hydrogens (tertiary/aromatic N) is 2. The van der Waals surface area contributed by atoms with Gasteiger partial charge in [0.15, 0.2) is 11.9 Å². The fourth-order valence-corrected chi connectivity index (χ4v) is 1.46. The van der Waals surface area contributed by atoms with Gasteiger partial charge in [-0.05, 0) is 0 Å². The van der Waals surface area contributed by atoms with E-state index in [0.717, 1.165) is 0 Å². The summed E-state index contributed by atoms with van der Waals surface area (Å²) in [5.74, 6) is -1.04. The highest BCUT2D eigenvalue weighted by Gasteiger charge is 2.09. The minimum atomic E-state index is -0.511. The second-order valence-corrected chi connectivity index (χ2v) is 4.78. The van der Waals surface area contributed by atoms with E-state index in [-0.39, 0.29) is 51.2 Å². The molecule has 12 heteroatoms. The summed E-state index contributed by atoms with van der Waals surface area (Å²) in [6.45, 7) is 1.89. The molecule has 0 amide bonds. The first kappa shape index (κ1) is 23.4. The van der Waals surface area contributed by atoms with Gasteiger partial charge in [-0.25, -0.2) is 0 Å². The number of hydrogen-bond acceptors (Lipinski definition) is 8. The Morgan fingerprint density at radius 2 is 1.00 bits per heavy atom. The van der Waals surface area contributed by atoms with Crippen molar-refractivity contribution in [1.82, 2.24) is 0 Å². The van der Waals surface area contributed by atoms with Gasteiger partial charge in [0.25, 0.3) is 0 Å². The van der Waals surface area contributed by atoms with Crippen LogP contribution >= 0.6 is 0 Å². The topological polar surface area (TPSA) is 200 Å². The molecule has 0 fully saturated rings. The Labute approximate surface area is 151 Å². The van der Waals surface area contributed by atoms with Crippen LogP contribution in [0, 0.1) is 0 Å². The average Bonchev–Trinajstić information content (AvgIpc) is 2.57. The molecule has 0 aliphatic rings. The molecule has 12 nitrogen and oxygen atoms in total. The monoisotopic (exact) mass is 376 g/mol. The molecule has 0 aromatic heterocycles. The lowest BCUT2D eigenvalue weighted by Crippen LogP contribution is -2.23. The van der Waals surface area contributed by atoms with Gasteiger partial charge in [0, 0.05) is 0 Å². The lowest BCUT2D eigenvalue weighted by Gasteiger charge is -2.06. The molecule has 0 aliphatic heterocycles. The van der Waals surface area contributed by atoms with Crippen molar-refractivity contribution in [3.63, 3.8) is 0 Å². The zero-order valence-corrected chi connectivity index (χ0v) is 14.7. The van der Waals surface area contributed by atoms with E-state index in [0.29, 0.717) is 26.3 Å². The van der Waals surface area contributed by atoms with Gasteiger partial charge in [-0.3, -0.25) is 19.6 Å². The molecule has 0 unspecified atom stereocenters. The molecule has 0 bridgehead atoms. The molecule has 0 atom stereocenters. The van der Waals surface area contributed by atoms with Gasteiger partial charge < -0.3 is 41.9 Å². The number of guanidine groups is 2. The fourth-order valence-electron chi connectivity index (χ4n) is 1.46. The molecule has 0 aromatic carbocycles. The van der Waals surface area contributed by atoms with E-state index >= 15 is 0 Å². The molecule has 0 rings (SSSR count). The minimum Gasteiger partial charge on any atom is -0.463 e. The molecule has 0 radical (unpaired) electrons. The highest BCUT2D eigenvalue weighted by atomic mass is 16.6. The second-order valence-electron chi connectivity index (χ2n) is 4.78. The van der Waals surface area contributed by atoms with E-state index in [1.807, 2.05) is 0 Å². The molecule has 0 aliphatic carbocycles. The van der Waals surface area contributed by atoms with E-state index in [1.165, 1.54) is 0 Å². The molecular weight excluding hydrogens is 348 g/mol. The Hall–Kier alpha value is -2.60. The summed E-state index contributed by atoms with van der Waals surface area (Å²) < 4.78 is 20.1. The predicted molar refractivity (Wildman–Crippen MR) is 94.1 cm³/mol. The Kier molecular flexibility index (Phi) is 14.3. The smallest absolute Gasteiger partial charge is 0.306 e. The van der Waals surface area contributed by atoms with Crippen LogP contribution in [0.1, 0.15) is 12.8 Å². The lowest BCUT2D eigenvalue weighted by atomic mass is 10.3. The SMILES string of the molecule is NC(N)=NCCOCCOC(=O)CCC(=O)OCCOCCN=C(N)N. The summed E-state index contributed by atoms with van der Waals surface area (Å²) >= 11 is 0. The first-order valence-corrected chi connectivity index (χ1v) is 7.99. The third-order valence-electron chi connectivity index (χ3n) is 2.57. The van der Waals surface area contributed by atoms with E-state index < -0.39 is 11.9 Å². The summed E-state index contributed by atoms with van der Waals surface area (Å²) in [7, 11) is 0. The van der Waals surface area contributed by atoms with Crippen molar-refractivity contribution in [3.8, 4) is 0 Å². The van der Waals surface area contributed by atoms with Gasteiger partial charge >= 0.3 is 11.9 Å². The molecule has 0 heterocycles. The number of carbonyl (C=O) groups excluding carboxylic acids is 2. The Morgan fingerprint density at radius 3 is 1.35 bits per heavy atom. The quantitative estimate of drug-likeness (QED) is 0.102. The normalized spacial score (nSPS) is 10.0. The van der Waals surface area contributed by atoms with Crippen molar-refractivity contribution in [2.45, 2.75) is 12.8 Å². The van der Waals surface area contributed by atoms with Crippen LogP contribution in [-0.2, 0) is 28.5 Å². The number of nitrogens with two attached hydrogens (primary N) is 4. The Morgan fingerprint density at radius 1 is 0.615 bits per heavy atom. The van der Waals surface area contributed by atoms with Crippen LogP contribution in [0.4, 0.5) is 0 Å². The van der Waals surface area contributed by atoms with Crippen molar-refractivity contribution >= 4 is 23.9 Å². The molecule has 0 spiro atoms. The van der Waals surface area contributed by atoms with Crippen LogP contribution in [-0.4, -0.2) is 76.6 Å². The second kappa shape index (κ2) is 15.9. The highest BCUT2D eigenvalue weighted by molar-refractivity contribution is 5.77. The zero-order chi connectivity index (χ0) is 19.6. The maximum Gasteiger partial charge on any atom is 0.306 e. The molecule has 0 aromatic rings. The zero-order valence-electron chi connectivity index (χ0n) is 14.7. The number of aliphatic imine (C=N–C) groups is 2. The first-order chi connectivity index (χ1) is 12.4. The summed E-state index contributed by atoms with van der Waals surface area (Å²) in [6.07, 6.45) is -0.142. The van der Waals surface area contributed by atoms with Crippen LogP contribution in [0.5, 0.6) is 0 Å². The van der Waals surface area contributed by atoms with Crippen molar-refractivity contribution in [1.29, 1.82) is 0 Å². The predicted octanol–water partition coefficient (Wildman–Crippen LogP) is -2.57. The van der Waals surface area contributed by atoms with E-state index in [2.05, 4.69) is 9.98 Å². The largest absolute Gasteiger partial charge is 0.463 e. The maximum atomic E-state index is 11.4. The molecule has 150 valence electrons. The van der Waals surface area contributed by atoms with Crippen LogP contribution < -0.4 is 22.9 Å². The molecule has 0 saturated carbocycles. The van der Waals surface area contributed by atoms with Gasteiger partial charge in [0.05, 0.1) is 52.4 Å². The first-order valence-electron chi connectivity index (χ1n) is 7.99. The standard InChI is InChI=1S/C14H28N6O6/c15-13(16)19-3-5-23-7-9-25-11(21)1-2-12(22)26-10-8-24-6-4-20-14(17)18/h1-10H2,(H4,15,16,19)(H4,17,18,20). The molecule has 26 heavy (non-hydrogen) atoms. The van der Waals surface area contributed by atoms with Crippen LogP contribution in [0.25, 0.3) is 0 Å². The van der Waals surface area contributed by atoms with Gasteiger partial charge in [-0.2, -0.15) is 0 Å².